The molecule has 0 aliphatic carbocycles. The van der Waals surface area contributed by atoms with Gasteiger partial charge < -0.3 is 10.2 Å². The summed E-state index contributed by atoms with van der Waals surface area (Å²) in [5.41, 5.74) is -0.373. The van der Waals surface area contributed by atoms with Crippen molar-refractivity contribution in [2.75, 3.05) is 26.7 Å². The molecule has 1 spiro atoms. The van der Waals surface area contributed by atoms with Crippen LogP contribution in [0.3, 0.4) is 0 Å². The molecule has 2 saturated heterocycles. The summed E-state index contributed by atoms with van der Waals surface area (Å²) < 4.78 is 0. The first-order valence-electron chi connectivity index (χ1n) is 5.11. The van der Waals surface area contributed by atoms with E-state index < -0.39 is 0 Å². The zero-order chi connectivity index (χ0) is 10.2. The van der Waals surface area contributed by atoms with E-state index in [2.05, 4.69) is 17.3 Å². The van der Waals surface area contributed by atoms with Crippen LogP contribution in [0.2, 0.25) is 0 Å². The molecule has 2 rings (SSSR count). The van der Waals surface area contributed by atoms with E-state index in [1.54, 1.807) is 0 Å². The molecular formula is C10H16N2O2. The van der Waals surface area contributed by atoms with E-state index in [1.165, 1.54) is 0 Å². The molecule has 0 aromatic rings. The lowest BCUT2D eigenvalue weighted by atomic mass is 9.72. The molecular weight excluding hydrogens is 180 g/mol. The average molecular weight is 196 g/mol. The predicted molar refractivity (Wildman–Crippen MR) is 51.8 cm³/mol. The molecule has 14 heavy (non-hydrogen) atoms. The summed E-state index contributed by atoms with van der Waals surface area (Å²) in [6, 6.07) is 0. The molecule has 1 N–H and O–H groups in total. The third-order valence-corrected chi connectivity index (χ3v) is 3.41. The zero-order valence-electron chi connectivity index (χ0n) is 8.51. The Kier molecular flexibility index (Phi) is 2.31. The molecule has 4 heteroatoms. The smallest absolute Gasteiger partial charge is 0.227 e. The van der Waals surface area contributed by atoms with Crippen molar-refractivity contribution >= 4 is 11.7 Å². The van der Waals surface area contributed by atoms with E-state index >= 15 is 0 Å². The van der Waals surface area contributed by atoms with Gasteiger partial charge in [0.2, 0.25) is 5.91 Å². The maximum atomic E-state index is 11.7. The van der Waals surface area contributed by atoms with Crippen LogP contribution in [0.5, 0.6) is 0 Å². The third-order valence-electron chi connectivity index (χ3n) is 3.41. The molecule has 0 radical (unpaired) electrons. The van der Waals surface area contributed by atoms with Gasteiger partial charge in [-0.25, -0.2) is 0 Å². The summed E-state index contributed by atoms with van der Waals surface area (Å²) in [6.45, 7) is 2.07. The monoisotopic (exact) mass is 196 g/mol. The summed E-state index contributed by atoms with van der Waals surface area (Å²) in [5.74, 6) is 0.263. The lowest BCUT2D eigenvalue weighted by Gasteiger charge is -2.41. The number of nitrogens with zero attached hydrogens (tertiary/aromatic N) is 1. The average Bonchev–Trinajstić information content (AvgIpc) is 2.17. The van der Waals surface area contributed by atoms with E-state index in [9.17, 15) is 9.59 Å². The molecule has 2 aliphatic heterocycles. The Balaban J connectivity index is 2.12. The number of rotatable bonds is 0. The Hall–Kier alpha value is -0.900. The minimum atomic E-state index is -0.373. The number of hydrogen-bond donors (Lipinski definition) is 1. The van der Waals surface area contributed by atoms with Crippen LogP contribution in [0.1, 0.15) is 19.3 Å². The largest absolute Gasteiger partial charge is 0.349 e. The number of hydrogen-bond acceptors (Lipinski definition) is 3. The topological polar surface area (TPSA) is 49.4 Å². The van der Waals surface area contributed by atoms with E-state index in [0.29, 0.717) is 6.42 Å². The second-order valence-corrected chi connectivity index (χ2v) is 4.48. The van der Waals surface area contributed by atoms with Gasteiger partial charge in [0.15, 0.2) is 5.78 Å². The van der Waals surface area contributed by atoms with Gasteiger partial charge in [0, 0.05) is 6.42 Å². The maximum Gasteiger partial charge on any atom is 0.227 e. The highest BCUT2D eigenvalue weighted by atomic mass is 16.2. The molecule has 0 atom stereocenters. The van der Waals surface area contributed by atoms with Crippen molar-refractivity contribution in [3.05, 3.63) is 0 Å². The summed E-state index contributed by atoms with van der Waals surface area (Å²) in [4.78, 5) is 25.3. The van der Waals surface area contributed by atoms with Crippen LogP contribution in [0.25, 0.3) is 0 Å². The molecule has 0 aromatic heterocycles. The fourth-order valence-corrected chi connectivity index (χ4v) is 2.34. The van der Waals surface area contributed by atoms with Crippen molar-refractivity contribution in [3.8, 4) is 0 Å². The predicted octanol–water partition coefficient (Wildman–Crippen LogP) is -0.213. The van der Waals surface area contributed by atoms with Crippen LogP contribution in [-0.4, -0.2) is 43.3 Å². The molecule has 2 fully saturated rings. The standard InChI is InChI=1S/C10H16N2O2/c1-12-4-2-10(3-5-12)6-8(13)7-11-9(10)14/h2-7H2,1H3,(H,11,14). The number of amides is 1. The number of likely N-dealkylation sites (tertiary alicyclic amines) is 1. The van der Waals surface area contributed by atoms with Crippen LogP contribution < -0.4 is 5.32 Å². The molecule has 0 saturated carbocycles. The van der Waals surface area contributed by atoms with Crippen molar-refractivity contribution in [2.45, 2.75) is 19.3 Å². The Morgan fingerprint density at radius 3 is 2.57 bits per heavy atom. The fourth-order valence-electron chi connectivity index (χ4n) is 2.34. The number of nitrogens with one attached hydrogen (secondary N) is 1. The summed E-state index contributed by atoms with van der Waals surface area (Å²) >= 11 is 0. The van der Waals surface area contributed by atoms with E-state index in [1.807, 2.05) is 0 Å². The molecule has 4 nitrogen and oxygen atoms in total. The Morgan fingerprint density at radius 1 is 1.29 bits per heavy atom. The number of ketones is 1. The summed E-state index contributed by atoms with van der Waals surface area (Å²) in [7, 11) is 2.05. The molecule has 2 aliphatic rings. The van der Waals surface area contributed by atoms with Crippen LogP contribution in [0.4, 0.5) is 0 Å². The maximum absolute atomic E-state index is 11.7. The Bertz CT molecular complexity index is 267. The minimum Gasteiger partial charge on any atom is -0.349 e. The van der Waals surface area contributed by atoms with Crippen LogP contribution >= 0.6 is 0 Å². The molecule has 2 heterocycles. The number of piperidine rings is 2. The molecule has 0 unspecified atom stereocenters. The molecule has 0 bridgehead atoms. The zero-order valence-corrected chi connectivity index (χ0v) is 8.51. The van der Waals surface area contributed by atoms with E-state index in [4.69, 9.17) is 0 Å². The number of carbonyl (C=O) groups is 2. The third kappa shape index (κ3) is 1.54. The SMILES string of the molecule is CN1CCC2(CC1)CC(=O)CNC2=O. The van der Waals surface area contributed by atoms with Crippen molar-refractivity contribution in [1.82, 2.24) is 10.2 Å². The van der Waals surface area contributed by atoms with Gasteiger partial charge in [-0.2, -0.15) is 0 Å². The van der Waals surface area contributed by atoms with Gasteiger partial charge in [0.05, 0.1) is 12.0 Å². The first-order chi connectivity index (χ1) is 6.62. The van der Waals surface area contributed by atoms with Crippen LogP contribution in [0.15, 0.2) is 0 Å². The van der Waals surface area contributed by atoms with Crippen molar-refractivity contribution in [1.29, 1.82) is 0 Å². The quantitative estimate of drug-likeness (QED) is 0.583. The highest BCUT2D eigenvalue weighted by Crippen LogP contribution is 2.36. The summed E-state index contributed by atoms with van der Waals surface area (Å²) in [5, 5.41) is 2.70. The fraction of sp³-hybridized carbons (Fsp3) is 0.800. The lowest BCUT2D eigenvalue weighted by molar-refractivity contribution is -0.143. The van der Waals surface area contributed by atoms with Gasteiger partial charge in [-0.15, -0.1) is 0 Å². The number of carbonyl (C=O) groups excluding carboxylic acids is 2. The van der Waals surface area contributed by atoms with E-state index in [0.717, 1.165) is 25.9 Å². The highest BCUT2D eigenvalue weighted by Gasteiger charge is 2.44. The van der Waals surface area contributed by atoms with Gasteiger partial charge >= 0.3 is 0 Å². The first kappa shape index (κ1) is 9.65. The molecule has 1 amide bonds. The van der Waals surface area contributed by atoms with Gasteiger partial charge in [0.1, 0.15) is 0 Å². The van der Waals surface area contributed by atoms with Crippen molar-refractivity contribution < 1.29 is 9.59 Å². The van der Waals surface area contributed by atoms with Gasteiger partial charge in [-0.05, 0) is 33.0 Å². The Labute approximate surface area is 83.6 Å². The normalized spacial score (nSPS) is 27.8. The van der Waals surface area contributed by atoms with Crippen LogP contribution in [-0.2, 0) is 9.59 Å². The molecule has 78 valence electrons. The Morgan fingerprint density at radius 2 is 1.93 bits per heavy atom. The van der Waals surface area contributed by atoms with Gasteiger partial charge in [-0.1, -0.05) is 0 Å². The van der Waals surface area contributed by atoms with Crippen molar-refractivity contribution in [2.24, 2.45) is 5.41 Å². The molecule has 0 aromatic carbocycles. The van der Waals surface area contributed by atoms with Gasteiger partial charge in [-0.3, -0.25) is 9.59 Å². The number of Topliss-reactive ketones (excluding diaryl/α,β-unsaturated/α-hetero) is 1. The van der Waals surface area contributed by atoms with Gasteiger partial charge in [0.25, 0.3) is 0 Å². The van der Waals surface area contributed by atoms with Crippen LogP contribution in [0, 0.1) is 5.41 Å². The van der Waals surface area contributed by atoms with Crippen molar-refractivity contribution in [3.63, 3.8) is 0 Å². The summed E-state index contributed by atoms with van der Waals surface area (Å²) in [6.07, 6.45) is 2.09. The van der Waals surface area contributed by atoms with E-state index in [-0.39, 0.29) is 23.7 Å². The minimum absolute atomic E-state index is 0.0881. The second-order valence-electron chi connectivity index (χ2n) is 4.48. The second kappa shape index (κ2) is 3.35. The first-order valence-corrected chi connectivity index (χ1v) is 5.11. The highest BCUT2D eigenvalue weighted by molar-refractivity contribution is 5.96. The lowest BCUT2D eigenvalue weighted by Crippen LogP contribution is -2.54.